The Balaban J connectivity index is 1.79. The second kappa shape index (κ2) is 3.31. The minimum absolute atomic E-state index is 0.850. The van der Waals surface area contributed by atoms with Crippen LogP contribution in [0.4, 0.5) is 0 Å². The number of hydrogen-bond donors (Lipinski definition) is 0. The van der Waals surface area contributed by atoms with E-state index in [1.807, 2.05) is 6.20 Å². The smallest absolute Gasteiger partial charge is 0.115 e. The Bertz CT molecular complexity index is 333. The van der Waals surface area contributed by atoms with Crippen molar-refractivity contribution in [3.05, 3.63) is 23.8 Å². The minimum Gasteiger partial charge on any atom is -0.296 e. The zero-order chi connectivity index (χ0) is 9.38. The second-order valence-electron chi connectivity index (χ2n) is 4.30. The van der Waals surface area contributed by atoms with Crippen LogP contribution in [0.1, 0.15) is 30.5 Å². The highest BCUT2D eigenvalue weighted by Crippen LogP contribution is 2.28. The largest absolute Gasteiger partial charge is 0.296 e. The molecule has 3 heteroatoms. The van der Waals surface area contributed by atoms with Gasteiger partial charge in [0.05, 0.1) is 0 Å². The predicted molar refractivity (Wildman–Crippen MR) is 53.8 cm³/mol. The zero-order valence-electron chi connectivity index (χ0n) is 8.32. The van der Waals surface area contributed by atoms with E-state index in [4.69, 9.17) is 0 Å². The van der Waals surface area contributed by atoms with Crippen LogP contribution in [0.2, 0.25) is 0 Å². The Labute approximate surface area is 84.2 Å². The third-order valence-electron chi connectivity index (χ3n) is 3.48. The molecule has 1 aromatic rings. The van der Waals surface area contributed by atoms with Crippen LogP contribution in [-0.4, -0.2) is 27.5 Å². The van der Waals surface area contributed by atoms with Gasteiger partial charge in [-0.2, -0.15) is 0 Å². The van der Waals surface area contributed by atoms with Gasteiger partial charge in [0.1, 0.15) is 6.33 Å². The van der Waals surface area contributed by atoms with E-state index in [-0.39, 0.29) is 0 Å². The summed E-state index contributed by atoms with van der Waals surface area (Å²) in [4.78, 5) is 11.0. The van der Waals surface area contributed by atoms with Gasteiger partial charge in [0.25, 0.3) is 0 Å². The van der Waals surface area contributed by atoms with Gasteiger partial charge < -0.3 is 0 Å². The zero-order valence-corrected chi connectivity index (χ0v) is 8.32. The molecule has 2 heterocycles. The molecule has 14 heavy (non-hydrogen) atoms. The normalized spacial score (nSPS) is 22.9. The summed E-state index contributed by atoms with van der Waals surface area (Å²) in [6.45, 7) is 2.26. The standard InChI is InChI=1S/C11H15N3/c1-2-10(3-1)14-5-4-11-9(7-14)6-12-8-13-11/h6,8,10H,1-5,7H2. The summed E-state index contributed by atoms with van der Waals surface area (Å²) in [5.74, 6) is 0. The van der Waals surface area contributed by atoms with Crippen LogP contribution in [-0.2, 0) is 13.0 Å². The number of fused-ring (bicyclic) bond motifs is 1. The fourth-order valence-corrected chi connectivity index (χ4v) is 2.35. The van der Waals surface area contributed by atoms with Crippen molar-refractivity contribution in [3.63, 3.8) is 0 Å². The van der Waals surface area contributed by atoms with Crippen molar-refractivity contribution in [2.45, 2.75) is 38.3 Å². The van der Waals surface area contributed by atoms with Crippen molar-refractivity contribution in [2.24, 2.45) is 0 Å². The minimum atomic E-state index is 0.850. The first-order valence-corrected chi connectivity index (χ1v) is 5.45. The van der Waals surface area contributed by atoms with E-state index in [1.54, 1.807) is 6.33 Å². The van der Waals surface area contributed by atoms with Crippen LogP contribution in [0.25, 0.3) is 0 Å². The lowest BCUT2D eigenvalue weighted by atomic mass is 9.90. The summed E-state index contributed by atoms with van der Waals surface area (Å²) in [6.07, 6.45) is 8.95. The third kappa shape index (κ3) is 1.32. The Morgan fingerprint density at radius 1 is 1.36 bits per heavy atom. The number of aromatic nitrogens is 2. The molecule has 0 spiro atoms. The van der Waals surface area contributed by atoms with E-state index < -0.39 is 0 Å². The van der Waals surface area contributed by atoms with Gasteiger partial charge in [-0.1, -0.05) is 6.42 Å². The molecule has 0 amide bonds. The first kappa shape index (κ1) is 8.36. The quantitative estimate of drug-likeness (QED) is 0.668. The van der Waals surface area contributed by atoms with Crippen molar-refractivity contribution in [1.29, 1.82) is 0 Å². The number of rotatable bonds is 1. The second-order valence-corrected chi connectivity index (χ2v) is 4.30. The van der Waals surface area contributed by atoms with Gasteiger partial charge in [-0.05, 0) is 12.8 Å². The Kier molecular flexibility index (Phi) is 1.98. The Morgan fingerprint density at radius 2 is 2.29 bits per heavy atom. The predicted octanol–water partition coefficient (Wildman–Crippen LogP) is 1.39. The van der Waals surface area contributed by atoms with Gasteiger partial charge in [0.15, 0.2) is 0 Å². The highest BCUT2D eigenvalue weighted by molar-refractivity contribution is 5.19. The average molecular weight is 189 g/mol. The maximum Gasteiger partial charge on any atom is 0.115 e. The molecule has 3 rings (SSSR count). The van der Waals surface area contributed by atoms with Gasteiger partial charge in [0.2, 0.25) is 0 Å². The molecule has 0 atom stereocenters. The van der Waals surface area contributed by atoms with Crippen LogP contribution >= 0.6 is 0 Å². The van der Waals surface area contributed by atoms with Gasteiger partial charge in [-0.25, -0.2) is 9.97 Å². The van der Waals surface area contributed by atoms with E-state index >= 15 is 0 Å². The van der Waals surface area contributed by atoms with Crippen LogP contribution in [0.3, 0.4) is 0 Å². The van der Waals surface area contributed by atoms with Crippen LogP contribution in [0.5, 0.6) is 0 Å². The lowest BCUT2D eigenvalue weighted by Gasteiger charge is -2.39. The molecule has 1 saturated carbocycles. The molecule has 1 aliphatic heterocycles. The Hall–Kier alpha value is -0.960. The topological polar surface area (TPSA) is 29.0 Å². The highest BCUT2D eigenvalue weighted by Gasteiger charge is 2.27. The van der Waals surface area contributed by atoms with E-state index in [0.29, 0.717) is 0 Å². The van der Waals surface area contributed by atoms with Crippen LogP contribution < -0.4 is 0 Å². The molecular formula is C11H15N3. The van der Waals surface area contributed by atoms with Crippen molar-refractivity contribution in [2.75, 3.05) is 6.54 Å². The monoisotopic (exact) mass is 189 g/mol. The lowest BCUT2D eigenvalue weighted by Crippen LogP contribution is -2.43. The SMILES string of the molecule is c1ncc2c(n1)CCN(C1CCC1)C2. The molecule has 0 aromatic carbocycles. The summed E-state index contributed by atoms with van der Waals surface area (Å²) in [5, 5.41) is 0. The maximum atomic E-state index is 4.32. The number of hydrogen-bond acceptors (Lipinski definition) is 3. The molecule has 0 bridgehead atoms. The Morgan fingerprint density at radius 3 is 3.07 bits per heavy atom. The first-order chi connectivity index (χ1) is 6.93. The van der Waals surface area contributed by atoms with Crippen molar-refractivity contribution in [1.82, 2.24) is 14.9 Å². The number of nitrogens with zero attached hydrogens (tertiary/aromatic N) is 3. The van der Waals surface area contributed by atoms with Gasteiger partial charge >= 0.3 is 0 Å². The average Bonchev–Trinajstić information content (AvgIpc) is 2.15. The maximum absolute atomic E-state index is 4.32. The first-order valence-electron chi connectivity index (χ1n) is 5.45. The summed E-state index contributed by atoms with van der Waals surface area (Å²) in [5.41, 5.74) is 2.60. The lowest BCUT2D eigenvalue weighted by molar-refractivity contribution is 0.112. The molecule has 0 N–H and O–H groups in total. The van der Waals surface area contributed by atoms with Gasteiger partial charge in [-0.15, -0.1) is 0 Å². The molecular weight excluding hydrogens is 174 g/mol. The molecule has 0 radical (unpaired) electrons. The van der Waals surface area contributed by atoms with E-state index in [9.17, 15) is 0 Å². The molecule has 1 aromatic heterocycles. The molecule has 74 valence electrons. The van der Waals surface area contributed by atoms with Crippen LogP contribution in [0, 0.1) is 0 Å². The van der Waals surface area contributed by atoms with Crippen LogP contribution in [0.15, 0.2) is 12.5 Å². The molecule has 1 fully saturated rings. The van der Waals surface area contributed by atoms with Crippen molar-refractivity contribution >= 4 is 0 Å². The van der Waals surface area contributed by atoms with Crippen molar-refractivity contribution < 1.29 is 0 Å². The molecule has 2 aliphatic rings. The summed E-state index contributed by atoms with van der Waals surface area (Å²) in [6, 6.07) is 0.850. The summed E-state index contributed by atoms with van der Waals surface area (Å²) in [7, 11) is 0. The van der Waals surface area contributed by atoms with E-state index in [2.05, 4.69) is 14.9 Å². The molecule has 3 nitrogen and oxygen atoms in total. The summed E-state index contributed by atoms with van der Waals surface area (Å²) < 4.78 is 0. The summed E-state index contributed by atoms with van der Waals surface area (Å²) >= 11 is 0. The fourth-order valence-electron chi connectivity index (χ4n) is 2.35. The van der Waals surface area contributed by atoms with Gasteiger partial charge in [0, 0.05) is 43.0 Å². The van der Waals surface area contributed by atoms with E-state index in [1.165, 1.54) is 37.1 Å². The molecule has 0 unspecified atom stereocenters. The van der Waals surface area contributed by atoms with E-state index in [0.717, 1.165) is 19.0 Å². The molecule has 0 saturated heterocycles. The molecule has 1 aliphatic carbocycles. The highest BCUT2D eigenvalue weighted by atomic mass is 15.2. The fraction of sp³-hybridized carbons (Fsp3) is 0.636. The van der Waals surface area contributed by atoms with Gasteiger partial charge in [-0.3, -0.25) is 4.90 Å². The van der Waals surface area contributed by atoms with Crippen molar-refractivity contribution in [3.8, 4) is 0 Å². The third-order valence-corrected chi connectivity index (χ3v) is 3.48.